The van der Waals surface area contributed by atoms with Gasteiger partial charge >= 0.3 is 0 Å². The van der Waals surface area contributed by atoms with Crippen molar-refractivity contribution in [1.82, 2.24) is 20.1 Å². The number of nitrogens with one attached hydrogen (secondary N) is 1. The van der Waals surface area contributed by atoms with E-state index in [1.54, 1.807) is 12.4 Å². The number of amides is 1. The van der Waals surface area contributed by atoms with Crippen molar-refractivity contribution in [3.63, 3.8) is 0 Å². The summed E-state index contributed by atoms with van der Waals surface area (Å²) in [4.78, 5) is 16.7. The molecule has 1 aromatic carbocycles. The van der Waals surface area contributed by atoms with Gasteiger partial charge in [-0.1, -0.05) is 12.1 Å². The van der Waals surface area contributed by atoms with E-state index < -0.39 is 5.60 Å². The van der Waals surface area contributed by atoms with Gasteiger partial charge in [0.15, 0.2) is 0 Å². The van der Waals surface area contributed by atoms with Gasteiger partial charge in [-0.05, 0) is 73.6 Å². The van der Waals surface area contributed by atoms with E-state index in [-0.39, 0.29) is 12.5 Å². The molecule has 1 amide bonds. The fourth-order valence-electron chi connectivity index (χ4n) is 3.39. The van der Waals surface area contributed by atoms with E-state index in [1.807, 2.05) is 42.1 Å². The lowest BCUT2D eigenvalue weighted by atomic mass is 9.80. The second-order valence-corrected chi connectivity index (χ2v) is 7.55. The predicted molar refractivity (Wildman–Crippen MR) is 106 cm³/mol. The van der Waals surface area contributed by atoms with Crippen LogP contribution in [0.5, 0.6) is 0 Å². The van der Waals surface area contributed by atoms with Crippen LogP contribution in [0.1, 0.15) is 46.4 Å². The van der Waals surface area contributed by atoms with Gasteiger partial charge in [-0.2, -0.15) is 5.10 Å². The summed E-state index contributed by atoms with van der Waals surface area (Å²) in [5, 5.41) is 17.2. The molecule has 6 nitrogen and oxygen atoms in total. The van der Waals surface area contributed by atoms with Crippen LogP contribution < -0.4 is 5.32 Å². The summed E-state index contributed by atoms with van der Waals surface area (Å²) in [5.41, 5.74) is 3.92. The highest BCUT2D eigenvalue weighted by atomic mass is 16.3. The minimum absolute atomic E-state index is 0.240. The average Bonchev–Trinajstić information content (AvgIpc) is 3.21. The third kappa shape index (κ3) is 3.97. The van der Waals surface area contributed by atoms with Gasteiger partial charge in [0, 0.05) is 25.1 Å². The highest BCUT2D eigenvalue weighted by Crippen LogP contribution is 2.30. The molecule has 0 radical (unpaired) electrons. The Hall–Kier alpha value is -2.99. The van der Waals surface area contributed by atoms with Gasteiger partial charge in [0.1, 0.15) is 5.69 Å². The molecule has 2 aromatic heterocycles. The van der Waals surface area contributed by atoms with Crippen molar-refractivity contribution in [1.29, 1.82) is 0 Å². The van der Waals surface area contributed by atoms with Gasteiger partial charge in [-0.15, -0.1) is 0 Å². The molecule has 1 saturated carbocycles. The zero-order valence-electron chi connectivity index (χ0n) is 15.9. The van der Waals surface area contributed by atoms with Crippen molar-refractivity contribution in [2.45, 2.75) is 38.2 Å². The number of benzene rings is 1. The molecule has 0 spiro atoms. The first-order valence-electron chi connectivity index (χ1n) is 9.57. The van der Waals surface area contributed by atoms with E-state index in [1.165, 1.54) is 0 Å². The number of aromatic nitrogens is 3. The number of pyridine rings is 1. The van der Waals surface area contributed by atoms with Crippen LogP contribution in [0.3, 0.4) is 0 Å². The summed E-state index contributed by atoms with van der Waals surface area (Å²) >= 11 is 0. The van der Waals surface area contributed by atoms with Crippen LogP contribution in [0.2, 0.25) is 0 Å². The van der Waals surface area contributed by atoms with Crippen LogP contribution in [-0.2, 0) is 6.42 Å². The Labute approximate surface area is 164 Å². The van der Waals surface area contributed by atoms with Crippen LogP contribution >= 0.6 is 0 Å². The molecule has 0 aliphatic heterocycles. The van der Waals surface area contributed by atoms with Crippen LogP contribution in [0, 0.1) is 6.92 Å². The standard InChI is InChI=1S/C22H24N4O2/c1-16-14-23-20(21(27)24-15-22(28)8-2-9-22)13-18(16)12-17-4-6-19(7-5-17)26-11-3-10-25-26/h3-7,10-11,13-14,28H,2,8-9,12,15H2,1H3,(H,24,27). The monoisotopic (exact) mass is 376 g/mol. The zero-order chi connectivity index (χ0) is 19.6. The van der Waals surface area contributed by atoms with Gasteiger partial charge < -0.3 is 10.4 Å². The Morgan fingerprint density at radius 3 is 2.71 bits per heavy atom. The second kappa shape index (κ2) is 7.56. The summed E-state index contributed by atoms with van der Waals surface area (Å²) in [7, 11) is 0. The van der Waals surface area contributed by atoms with Crippen molar-refractivity contribution in [2.24, 2.45) is 0 Å². The molecule has 4 rings (SSSR count). The molecule has 6 heteroatoms. The second-order valence-electron chi connectivity index (χ2n) is 7.55. The molecule has 1 aliphatic rings. The SMILES string of the molecule is Cc1cnc(C(=O)NCC2(O)CCC2)cc1Cc1ccc(-n2cccn2)cc1. The minimum Gasteiger partial charge on any atom is -0.388 e. The normalized spacial score (nSPS) is 15.1. The summed E-state index contributed by atoms with van der Waals surface area (Å²) in [6.45, 7) is 2.28. The Balaban J connectivity index is 1.45. The summed E-state index contributed by atoms with van der Waals surface area (Å²) in [6, 6.07) is 11.9. The molecule has 1 aliphatic carbocycles. The third-order valence-electron chi connectivity index (χ3n) is 5.41. The lowest BCUT2D eigenvalue weighted by molar-refractivity contribution is -0.0300. The van der Waals surface area contributed by atoms with E-state index in [0.717, 1.165) is 48.1 Å². The molecule has 2 N–H and O–H groups in total. The lowest BCUT2D eigenvalue weighted by Gasteiger charge is -2.36. The van der Waals surface area contributed by atoms with E-state index in [9.17, 15) is 9.90 Å². The number of hydrogen-bond donors (Lipinski definition) is 2. The molecule has 1 fully saturated rings. The zero-order valence-corrected chi connectivity index (χ0v) is 15.9. The van der Waals surface area contributed by atoms with Gasteiger partial charge in [0.2, 0.25) is 0 Å². The molecule has 144 valence electrons. The smallest absolute Gasteiger partial charge is 0.269 e. The quantitative estimate of drug-likeness (QED) is 0.693. The van der Waals surface area contributed by atoms with E-state index in [2.05, 4.69) is 27.5 Å². The fourth-order valence-corrected chi connectivity index (χ4v) is 3.39. The molecule has 0 saturated heterocycles. The summed E-state index contributed by atoms with van der Waals surface area (Å²) < 4.78 is 1.82. The third-order valence-corrected chi connectivity index (χ3v) is 5.41. The van der Waals surface area contributed by atoms with Crippen molar-refractivity contribution < 1.29 is 9.90 Å². The maximum atomic E-state index is 12.4. The van der Waals surface area contributed by atoms with Crippen molar-refractivity contribution in [3.05, 3.63) is 77.4 Å². The van der Waals surface area contributed by atoms with Crippen LogP contribution in [0.4, 0.5) is 0 Å². The molecular formula is C22H24N4O2. The Kier molecular flexibility index (Phi) is 4.96. The Morgan fingerprint density at radius 2 is 2.07 bits per heavy atom. The van der Waals surface area contributed by atoms with Gasteiger partial charge in [-0.25, -0.2) is 4.68 Å². The molecule has 0 unspecified atom stereocenters. The van der Waals surface area contributed by atoms with Crippen LogP contribution in [0.25, 0.3) is 5.69 Å². The summed E-state index contributed by atoms with van der Waals surface area (Å²) in [6.07, 6.45) is 8.62. The highest BCUT2D eigenvalue weighted by Gasteiger charge is 2.34. The first-order valence-corrected chi connectivity index (χ1v) is 9.57. The highest BCUT2D eigenvalue weighted by molar-refractivity contribution is 5.92. The van der Waals surface area contributed by atoms with E-state index >= 15 is 0 Å². The van der Waals surface area contributed by atoms with Crippen molar-refractivity contribution >= 4 is 5.91 Å². The molecular weight excluding hydrogens is 352 g/mol. The van der Waals surface area contributed by atoms with Crippen molar-refractivity contribution in [2.75, 3.05) is 6.54 Å². The predicted octanol–water partition coefficient (Wildman–Crippen LogP) is 2.81. The van der Waals surface area contributed by atoms with Crippen LogP contribution in [0.15, 0.2) is 55.0 Å². The first kappa shape index (κ1) is 18.4. The van der Waals surface area contributed by atoms with Gasteiger partial charge in [-0.3, -0.25) is 9.78 Å². The average molecular weight is 376 g/mol. The Bertz CT molecular complexity index is 961. The number of aryl methyl sites for hydroxylation is 1. The van der Waals surface area contributed by atoms with E-state index in [0.29, 0.717) is 5.69 Å². The molecule has 28 heavy (non-hydrogen) atoms. The fraction of sp³-hybridized carbons (Fsp3) is 0.318. The number of hydrogen-bond acceptors (Lipinski definition) is 4. The van der Waals surface area contributed by atoms with E-state index in [4.69, 9.17) is 0 Å². The molecule has 0 bridgehead atoms. The molecule has 0 atom stereocenters. The van der Waals surface area contributed by atoms with Crippen LogP contribution in [-0.4, -0.2) is 37.9 Å². The van der Waals surface area contributed by atoms with Gasteiger partial charge in [0.25, 0.3) is 5.91 Å². The maximum Gasteiger partial charge on any atom is 0.269 e. The number of rotatable bonds is 6. The Morgan fingerprint density at radius 1 is 1.29 bits per heavy atom. The first-order chi connectivity index (χ1) is 13.5. The lowest BCUT2D eigenvalue weighted by Crippen LogP contribution is -2.47. The molecule has 2 heterocycles. The largest absolute Gasteiger partial charge is 0.388 e. The molecule has 3 aromatic rings. The summed E-state index contributed by atoms with van der Waals surface area (Å²) in [5.74, 6) is -0.240. The number of aliphatic hydroxyl groups is 1. The number of carbonyl (C=O) groups is 1. The number of carbonyl (C=O) groups excluding carboxylic acids is 1. The number of nitrogens with zero attached hydrogens (tertiary/aromatic N) is 3. The topological polar surface area (TPSA) is 80.0 Å². The van der Waals surface area contributed by atoms with Crippen molar-refractivity contribution in [3.8, 4) is 5.69 Å². The maximum absolute atomic E-state index is 12.4. The van der Waals surface area contributed by atoms with Gasteiger partial charge in [0.05, 0.1) is 11.3 Å². The minimum atomic E-state index is -0.737.